The van der Waals surface area contributed by atoms with Crippen LogP contribution < -0.4 is 14.4 Å². The number of aliphatic hydroxyl groups is 1. The summed E-state index contributed by atoms with van der Waals surface area (Å²) in [7, 11) is 0. The van der Waals surface area contributed by atoms with Gasteiger partial charge in [-0.25, -0.2) is 14.2 Å². The number of carbonyl (C=O) groups excluding carboxylic acids is 3. The number of ketones is 1. The average molecular weight is 525 g/mol. The summed E-state index contributed by atoms with van der Waals surface area (Å²) in [5, 5.41) is 11.3. The van der Waals surface area contributed by atoms with E-state index in [1.165, 1.54) is 30.3 Å². The van der Waals surface area contributed by atoms with Gasteiger partial charge >= 0.3 is 11.9 Å². The molecule has 37 heavy (non-hydrogen) atoms. The van der Waals surface area contributed by atoms with Crippen LogP contribution in [0, 0.1) is 12.7 Å². The zero-order valence-corrected chi connectivity index (χ0v) is 20.6. The highest BCUT2D eigenvalue weighted by Gasteiger charge is 2.49. The molecule has 0 unspecified atom stereocenters. The van der Waals surface area contributed by atoms with E-state index in [0.29, 0.717) is 30.4 Å². The molecule has 1 fully saturated rings. The second-order valence-corrected chi connectivity index (χ2v) is 9.16. The summed E-state index contributed by atoms with van der Waals surface area (Å²) in [6.45, 7) is 4.04. The van der Waals surface area contributed by atoms with Crippen LogP contribution in [0.5, 0.6) is 11.5 Å². The number of thiazole rings is 1. The van der Waals surface area contributed by atoms with E-state index in [0.717, 1.165) is 16.2 Å². The molecule has 11 heteroatoms. The van der Waals surface area contributed by atoms with Gasteiger partial charge in [0.15, 0.2) is 16.6 Å². The number of esters is 1. The number of aliphatic hydroxyl groups excluding tert-OH is 1. The summed E-state index contributed by atoms with van der Waals surface area (Å²) in [4.78, 5) is 44.5. The van der Waals surface area contributed by atoms with E-state index in [2.05, 4.69) is 4.98 Å². The number of amides is 1. The van der Waals surface area contributed by atoms with Gasteiger partial charge < -0.3 is 19.3 Å². The van der Waals surface area contributed by atoms with Crippen molar-refractivity contribution in [3.63, 3.8) is 0 Å². The van der Waals surface area contributed by atoms with Gasteiger partial charge in [0.05, 0.1) is 17.9 Å². The molecule has 3 aromatic rings. The molecule has 0 aliphatic carbocycles. The van der Waals surface area contributed by atoms with Gasteiger partial charge in [-0.3, -0.25) is 14.5 Å². The molecule has 0 spiro atoms. The van der Waals surface area contributed by atoms with E-state index in [-0.39, 0.29) is 33.3 Å². The molecule has 5 rings (SSSR count). The smallest absolute Gasteiger partial charge is 0.350 e. The summed E-state index contributed by atoms with van der Waals surface area (Å²) in [6.07, 6.45) is 0. The van der Waals surface area contributed by atoms with Crippen molar-refractivity contribution in [2.45, 2.75) is 19.9 Å². The minimum absolute atomic E-state index is 0.00266. The van der Waals surface area contributed by atoms with Crippen molar-refractivity contribution in [2.75, 3.05) is 24.7 Å². The zero-order valence-electron chi connectivity index (χ0n) is 19.8. The number of carbonyl (C=O) groups is 3. The summed E-state index contributed by atoms with van der Waals surface area (Å²) in [6, 6.07) is 8.88. The number of rotatable bonds is 5. The normalized spacial score (nSPS) is 18.2. The van der Waals surface area contributed by atoms with Crippen LogP contribution in [0.1, 0.15) is 39.5 Å². The molecule has 1 N–H and O–H groups in total. The number of nitrogens with zero attached hydrogens (tertiary/aromatic N) is 2. The molecule has 1 atom stereocenters. The number of ether oxygens (including phenoxy) is 3. The maximum Gasteiger partial charge on any atom is 0.350 e. The lowest BCUT2D eigenvalue weighted by atomic mass is 9.95. The average Bonchev–Trinajstić information content (AvgIpc) is 3.40. The minimum Gasteiger partial charge on any atom is -0.507 e. The molecule has 2 aliphatic rings. The van der Waals surface area contributed by atoms with Gasteiger partial charge in [0.2, 0.25) is 0 Å². The van der Waals surface area contributed by atoms with Gasteiger partial charge in [-0.15, -0.1) is 0 Å². The molecular weight excluding hydrogens is 503 g/mol. The highest BCUT2D eigenvalue weighted by Crippen LogP contribution is 2.45. The first-order valence-corrected chi connectivity index (χ1v) is 12.2. The van der Waals surface area contributed by atoms with Crippen LogP contribution in [0.15, 0.2) is 48.0 Å². The number of aryl methyl sites for hydroxylation is 1. The van der Waals surface area contributed by atoms with E-state index in [1.807, 2.05) is 0 Å². The molecule has 0 bridgehead atoms. The predicted molar refractivity (Wildman–Crippen MR) is 131 cm³/mol. The molecule has 0 radical (unpaired) electrons. The van der Waals surface area contributed by atoms with Crippen molar-refractivity contribution in [3.05, 3.63) is 75.6 Å². The Kier molecular flexibility index (Phi) is 6.38. The maximum atomic E-state index is 15.1. The molecule has 1 aromatic heterocycles. The number of hydrogen-bond acceptors (Lipinski definition) is 9. The number of benzene rings is 2. The minimum atomic E-state index is -1.34. The fourth-order valence-corrected chi connectivity index (χ4v) is 5.23. The van der Waals surface area contributed by atoms with Gasteiger partial charge in [-0.1, -0.05) is 29.5 Å². The molecule has 2 aromatic carbocycles. The van der Waals surface area contributed by atoms with Crippen molar-refractivity contribution < 1.29 is 38.1 Å². The Morgan fingerprint density at radius 3 is 2.65 bits per heavy atom. The summed E-state index contributed by atoms with van der Waals surface area (Å²) in [5.41, 5.74) is 0.134. The molecule has 1 saturated heterocycles. The molecule has 9 nitrogen and oxygen atoms in total. The Labute approximate surface area is 214 Å². The third-order valence-electron chi connectivity index (χ3n) is 5.91. The third-order valence-corrected chi connectivity index (χ3v) is 7.05. The maximum absolute atomic E-state index is 15.1. The monoisotopic (exact) mass is 524 g/mol. The van der Waals surface area contributed by atoms with Crippen molar-refractivity contribution in [1.29, 1.82) is 0 Å². The zero-order chi connectivity index (χ0) is 26.3. The number of hydrogen-bond donors (Lipinski definition) is 1. The Morgan fingerprint density at radius 1 is 1.19 bits per heavy atom. The van der Waals surface area contributed by atoms with Gasteiger partial charge in [0.25, 0.3) is 5.78 Å². The predicted octanol–water partition coefficient (Wildman–Crippen LogP) is 4.16. The van der Waals surface area contributed by atoms with Crippen LogP contribution >= 0.6 is 11.3 Å². The first-order valence-electron chi connectivity index (χ1n) is 11.4. The van der Waals surface area contributed by atoms with Gasteiger partial charge in [-0.05, 0) is 38.1 Å². The Balaban J connectivity index is 1.68. The second kappa shape index (κ2) is 9.66. The molecule has 1 amide bonds. The molecule has 2 aliphatic heterocycles. The van der Waals surface area contributed by atoms with Crippen LogP contribution in [0.4, 0.5) is 9.52 Å². The number of halogens is 1. The van der Waals surface area contributed by atoms with E-state index >= 15 is 4.39 Å². The summed E-state index contributed by atoms with van der Waals surface area (Å²) < 4.78 is 31.2. The molecule has 190 valence electrons. The lowest BCUT2D eigenvalue weighted by molar-refractivity contribution is -0.132. The molecular formula is C26H21FN2O7S. The number of anilines is 1. The van der Waals surface area contributed by atoms with E-state index in [4.69, 9.17) is 14.2 Å². The quantitative estimate of drug-likeness (QED) is 0.229. The Hall–Kier alpha value is -4.25. The van der Waals surface area contributed by atoms with Gasteiger partial charge in [0, 0.05) is 11.1 Å². The van der Waals surface area contributed by atoms with Crippen molar-refractivity contribution in [1.82, 2.24) is 4.98 Å². The SMILES string of the molecule is CCOC(=O)c1sc(N2C(=O)C(=O)/C(=C(/O)c3ccc4c(c3)OCCO4)[C@@H]2c2ccccc2F)nc1C. The summed E-state index contributed by atoms with van der Waals surface area (Å²) >= 11 is 0.847. The van der Waals surface area contributed by atoms with Crippen molar-refractivity contribution in [2.24, 2.45) is 0 Å². The van der Waals surface area contributed by atoms with E-state index < -0.39 is 35.3 Å². The van der Waals surface area contributed by atoms with Crippen LogP contribution in [-0.4, -0.2) is 47.6 Å². The first kappa shape index (κ1) is 24.4. The third kappa shape index (κ3) is 4.20. The lowest BCUT2D eigenvalue weighted by Crippen LogP contribution is -2.29. The lowest BCUT2D eigenvalue weighted by Gasteiger charge is -2.23. The summed E-state index contributed by atoms with van der Waals surface area (Å²) in [5.74, 6) is -3.03. The number of Topliss-reactive ketones (excluding diaryl/α,β-unsaturated/α-hetero) is 1. The topological polar surface area (TPSA) is 115 Å². The van der Waals surface area contributed by atoms with E-state index in [1.54, 1.807) is 26.0 Å². The van der Waals surface area contributed by atoms with E-state index in [9.17, 15) is 19.5 Å². The fourth-order valence-electron chi connectivity index (χ4n) is 4.24. The van der Waals surface area contributed by atoms with Crippen molar-refractivity contribution >= 4 is 39.9 Å². The molecule has 0 saturated carbocycles. The largest absolute Gasteiger partial charge is 0.507 e. The highest BCUT2D eigenvalue weighted by molar-refractivity contribution is 7.17. The Bertz CT molecular complexity index is 1460. The number of fused-ring (bicyclic) bond motifs is 1. The Morgan fingerprint density at radius 2 is 1.92 bits per heavy atom. The second-order valence-electron chi connectivity index (χ2n) is 8.18. The molecule has 3 heterocycles. The highest BCUT2D eigenvalue weighted by atomic mass is 32.1. The standard InChI is InChI=1S/C26H21FN2O7S/c1-3-34-25(33)23-13(2)28-26(37-23)29-20(15-6-4-5-7-16(15)27)19(22(31)24(29)32)21(30)14-8-9-17-18(12-14)36-11-10-35-17/h4-9,12,20,30H,3,10-11H2,1-2H3/b21-19+/t20-/m0/s1. The van der Waals surface area contributed by atoms with Crippen LogP contribution in [-0.2, 0) is 14.3 Å². The van der Waals surface area contributed by atoms with Crippen LogP contribution in [0.3, 0.4) is 0 Å². The first-order chi connectivity index (χ1) is 17.8. The van der Waals surface area contributed by atoms with Crippen LogP contribution in [0.25, 0.3) is 5.76 Å². The van der Waals surface area contributed by atoms with Crippen LogP contribution in [0.2, 0.25) is 0 Å². The van der Waals surface area contributed by atoms with Crippen molar-refractivity contribution in [3.8, 4) is 11.5 Å². The van der Waals surface area contributed by atoms with Gasteiger partial charge in [0.1, 0.15) is 35.7 Å². The van der Waals surface area contributed by atoms with Gasteiger partial charge in [-0.2, -0.15) is 0 Å². The number of aromatic nitrogens is 1. The fraction of sp³-hybridized carbons (Fsp3) is 0.231.